The summed E-state index contributed by atoms with van der Waals surface area (Å²) in [5, 5.41) is 25.3. The summed E-state index contributed by atoms with van der Waals surface area (Å²) in [7, 11) is 0. The fraction of sp³-hybridized carbons (Fsp3) is 0.727. The summed E-state index contributed by atoms with van der Waals surface area (Å²) < 4.78 is 0. The number of rotatable bonds is 3. The van der Waals surface area contributed by atoms with Crippen molar-refractivity contribution in [3.63, 3.8) is 0 Å². The molecule has 16 heavy (non-hydrogen) atoms. The molecule has 0 bridgehead atoms. The molecular weight excluding hydrogens is 224 g/mol. The normalized spacial score (nSPS) is 30.3. The van der Waals surface area contributed by atoms with Gasteiger partial charge >= 0.3 is 0 Å². The van der Waals surface area contributed by atoms with Gasteiger partial charge in [-0.15, -0.1) is 11.3 Å². The van der Waals surface area contributed by atoms with Gasteiger partial charge in [-0.3, -0.25) is 0 Å². The lowest BCUT2D eigenvalue weighted by molar-refractivity contribution is -0.0119. The molecule has 90 valence electrons. The molecule has 0 saturated heterocycles. The summed E-state index contributed by atoms with van der Waals surface area (Å²) >= 11 is 1.60. The molecule has 3 atom stereocenters. The second kappa shape index (κ2) is 5.12. The molecule has 1 aliphatic carbocycles. The van der Waals surface area contributed by atoms with Crippen LogP contribution in [-0.2, 0) is 6.42 Å². The molecule has 1 heterocycles. The third-order valence-corrected chi connectivity index (χ3v) is 3.84. The zero-order chi connectivity index (χ0) is 11.5. The van der Waals surface area contributed by atoms with Crippen molar-refractivity contribution in [1.29, 1.82) is 0 Å². The number of aryl methyl sites for hydroxylation is 1. The van der Waals surface area contributed by atoms with Gasteiger partial charge in [-0.1, -0.05) is 6.92 Å². The molecular formula is C11H18N2O2S. The number of hydrogen-bond donors (Lipinski definition) is 3. The second-order valence-corrected chi connectivity index (χ2v) is 5.14. The van der Waals surface area contributed by atoms with Crippen molar-refractivity contribution in [2.75, 3.05) is 5.32 Å². The molecule has 0 aromatic carbocycles. The smallest absolute Gasteiger partial charge is 0.183 e. The van der Waals surface area contributed by atoms with Crippen molar-refractivity contribution in [2.24, 2.45) is 0 Å². The first-order valence-electron chi connectivity index (χ1n) is 5.76. The van der Waals surface area contributed by atoms with Gasteiger partial charge < -0.3 is 15.5 Å². The average Bonchev–Trinajstić information content (AvgIpc) is 2.71. The Morgan fingerprint density at radius 1 is 1.44 bits per heavy atom. The van der Waals surface area contributed by atoms with Crippen molar-refractivity contribution < 1.29 is 10.2 Å². The van der Waals surface area contributed by atoms with Gasteiger partial charge in [0.2, 0.25) is 0 Å². The number of hydrogen-bond acceptors (Lipinski definition) is 5. The van der Waals surface area contributed by atoms with Crippen LogP contribution in [0.3, 0.4) is 0 Å². The van der Waals surface area contributed by atoms with Crippen molar-refractivity contribution >= 4 is 16.5 Å². The second-order valence-electron chi connectivity index (χ2n) is 4.29. The fourth-order valence-corrected chi connectivity index (χ4v) is 2.84. The molecule has 3 N–H and O–H groups in total. The molecule has 2 rings (SSSR count). The third kappa shape index (κ3) is 2.72. The number of nitrogens with one attached hydrogen (secondary N) is 1. The minimum atomic E-state index is -0.600. The maximum atomic E-state index is 9.57. The van der Waals surface area contributed by atoms with E-state index in [1.807, 2.05) is 0 Å². The third-order valence-electron chi connectivity index (χ3n) is 3.02. The van der Waals surface area contributed by atoms with E-state index in [4.69, 9.17) is 0 Å². The highest BCUT2D eigenvalue weighted by Crippen LogP contribution is 2.24. The first kappa shape index (κ1) is 11.8. The van der Waals surface area contributed by atoms with Crippen LogP contribution < -0.4 is 5.32 Å². The lowest BCUT2D eigenvalue weighted by Crippen LogP contribution is -2.39. The average molecular weight is 242 g/mol. The minimum absolute atomic E-state index is 0.231. The first-order valence-corrected chi connectivity index (χ1v) is 6.64. The number of aliphatic hydroxyl groups excluding tert-OH is 2. The van der Waals surface area contributed by atoms with E-state index in [1.54, 1.807) is 11.3 Å². The van der Waals surface area contributed by atoms with Crippen molar-refractivity contribution in [2.45, 2.75) is 50.9 Å². The van der Waals surface area contributed by atoms with Crippen molar-refractivity contribution in [3.05, 3.63) is 11.1 Å². The number of nitrogens with zero attached hydrogens (tertiary/aromatic N) is 1. The largest absolute Gasteiger partial charge is 0.390 e. The molecule has 0 spiro atoms. The molecule has 4 nitrogen and oxygen atoms in total. The quantitative estimate of drug-likeness (QED) is 0.749. The molecule has 1 saturated carbocycles. The fourth-order valence-electron chi connectivity index (χ4n) is 1.97. The molecule has 0 amide bonds. The summed E-state index contributed by atoms with van der Waals surface area (Å²) in [5.74, 6) is 0. The molecule has 1 aromatic rings. The maximum Gasteiger partial charge on any atom is 0.183 e. The van der Waals surface area contributed by atoms with Crippen molar-refractivity contribution in [3.8, 4) is 0 Å². The van der Waals surface area contributed by atoms with Crippen LogP contribution in [0, 0.1) is 0 Å². The predicted molar refractivity (Wildman–Crippen MR) is 64.8 cm³/mol. The van der Waals surface area contributed by atoms with E-state index < -0.39 is 12.2 Å². The van der Waals surface area contributed by atoms with Crippen LogP contribution in [0.25, 0.3) is 0 Å². The van der Waals surface area contributed by atoms with E-state index >= 15 is 0 Å². The minimum Gasteiger partial charge on any atom is -0.390 e. The van der Waals surface area contributed by atoms with E-state index in [1.165, 1.54) is 0 Å². The van der Waals surface area contributed by atoms with Crippen LogP contribution in [0.5, 0.6) is 0 Å². The number of anilines is 1. The van der Waals surface area contributed by atoms with Gasteiger partial charge in [-0.25, -0.2) is 4.98 Å². The Morgan fingerprint density at radius 3 is 2.88 bits per heavy atom. The predicted octanol–water partition coefficient (Wildman–Crippen LogP) is 1.39. The Bertz CT molecular complexity index is 342. The molecule has 1 unspecified atom stereocenters. The molecule has 1 aromatic heterocycles. The topological polar surface area (TPSA) is 65.4 Å². The summed E-state index contributed by atoms with van der Waals surface area (Å²) in [5.41, 5.74) is 1.10. The van der Waals surface area contributed by atoms with E-state index in [9.17, 15) is 10.2 Å². The van der Waals surface area contributed by atoms with Crippen LogP contribution in [0.15, 0.2) is 5.38 Å². The molecule has 0 aliphatic heterocycles. The number of thiazole rings is 1. The number of aliphatic hydroxyl groups is 2. The van der Waals surface area contributed by atoms with Gasteiger partial charge in [-0.05, 0) is 25.7 Å². The molecule has 0 radical (unpaired) electrons. The number of aromatic nitrogens is 1. The lowest BCUT2D eigenvalue weighted by Gasteiger charge is -2.30. The zero-order valence-corrected chi connectivity index (χ0v) is 10.2. The Kier molecular flexibility index (Phi) is 3.78. The molecule has 5 heteroatoms. The van der Waals surface area contributed by atoms with E-state index in [2.05, 4.69) is 22.6 Å². The van der Waals surface area contributed by atoms with Crippen molar-refractivity contribution in [1.82, 2.24) is 4.98 Å². The van der Waals surface area contributed by atoms with Gasteiger partial charge in [0.05, 0.1) is 17.9 Å². The molecule has 1 fully saturated rings. The summed E-state index contributed by atoms with van der Waals surface area (Å²) in [4.78, 5) is 4.43. The molecule has 1 aliphatic rings. The highest BCUT2D eigenvalue weighted by molar-refractivity contribution is 7.13. The van der Waals surface area contributed by atoms with Gasteiger partial charge in [0.1, 0.15) is 0 Å². The summed E-state index contributed by atoms with van der Waals surface area (Å²) in [6, 6.07) is 0.231. The van der Waals surface area contributed by atoms with Crippen LogP contribution >= 0.6 is 11.3 Å². The highest BCUT2D eigenvalue weighted by atomic mass is 32.1. The van der Waals surface area contributed by atoms with Gasteiger partial charge in [-0.2, -0.15) is 0 Å². The van der Waals surface area contributed by atoms with Crippen LogP contribution in [0.4, 0.5) is 5.13 Å². The van der Waals surface area contributed by atoms with E-state index in [-0.39, 0.29) is 6.04 Å². The standard InChI is InChI=1S/C11H18N2O2S/c1-2-7-6-16-11(12-7)13-8-3-4-9(14)10(15)5-8/h6,8-10,14-15H,2-5H2,1H3,(H,12,13)/t8?,9-,10+/m1/s1. The Hall–Kier alpha value is -0.650. The van der Waals surface area contributed by atoms with E-state index in [0.29, 0.717) is 12.8 Å². The van der Waals surface area contributed by atoms with Crippen LogP contribution in [-0.4, -0.2) is 33.4 Å². The zero-order valence-electron chi connectivity index (χ0n) is 9.39. The maximum absolute atomic E-state index is 9.57. The van der Waals surface area contributed by atoms with Gasteiger partial charge in [0, 0.05) is 11.4 Å². The highest BCUT2D eigenvalue weighted by Gasteiger charge is 2.27. The first-order chi connectivity index (χ1) is 7.69. The van der Waals surface area contributed by atoms with E-state index in [0.717, 1.165) is 23.7 Å². The van der Waals surface area contributed by atoms with Crippen LogP contribution in [0.1, 0.15) is 31.9 Å². The monoisotopic (exact) mass is 242 g/mol. The Labute approximate surface area is 99.3 Å². The Morgan fingerprint density at radius 2 is 2.25 bits per heavy atom. The Balaban J connectivity index is 1.90. The van der Waals surface area contributed by atoms with Gasteiger partial charge in [0.15, 0.2) is 5.13 Å². The SMILES string of the molecule is CCc1csc(NC2CC[C@@H](O)[C@@H](O)C2)n1. The van der Waals surface area contributed by atoms with Gasteiger partial charge in [0.25, 0.3) is 0 Å². The van der Waals surface area contributed by atoms with Crippen LogP contribution in [0.2, 0.25) is 0 Å². The summed E-state index contributed by atoms with van der Waals surface area (Å²) in [6.07, 6.45) is 1.94. The lowest BCUT2D eigenvalue weighted by atomic mass is 9.91. The summed E-state index contributed by atoms with van der Waals surface area (Å²) in [6.45, 7) is 2.08.